The maximum absolute atomic E-state index is 5.75. The lowest BCUT2D eigenvalue weighted by Crippen LogP contribution is -3.15. The first kappa shape index (κ1) is 17.7. The zero-order valence-electron chi connectivity index (χ0n) is 13.7. The average Bonchev–Trinajstić information content (AvgIpc) is 2.43. The Balaban J connectivity index is 1.57. The van der Waals surface area contributed by atoms with Gasteiger partial charge < -0.3 is 19.1 Å². The molecule has 5 heteroatoms. The molecule has 0 aliphatic carbocycles. The van der Waals surface area contributed by atoms with Gasteiger partial charge in [0.1, 0.15) is 44.2 Å². The molecule has 1 aliphatic rings. The van der Waals surface area contributed by atoms with E-state index in [1.165, 1.54) is 0 Å². The minimum absolute atomic E-state index is 0.350. The standard InChI is InChI=1S/C17H26BrNO3/c1-13-10-16(18)4-5-17(13)21-9-8-20-7-6-19-11-14(2)22-15(3)12-19/h4-5,10,14-15H,6-9,11-12H2,1-3H3/p+1/t14-,15+. The van der Waals surface area contributed by atoms with E-state index in [2.05, 4.69) is 35.8 Å². The van der Waals surface area contributed by atoms with E-state index in [-0.39, 0.29) is 0 Å². The summed E-state index contributed by atoms with van der Waals surface area (Å²) < 4.78 is 18.3. The summed E-state index contributed by atoms with van der Waals surface area (Å²) in [6.45, 7) is 11.5. The minimum Gasteiger partial charge on any atom is -0.491 e. The molecular weight excluding hydrogens is 346 g/mol. The molecule has 1 aliphatic heterocycles. The van der Waals surface area contributed by atoms with Crippen LogP contribution in [0.1, 0.15) is 19.4 Å². The zero-order chi connectivity index (χ0) is 15.9. The maximum atomic E-state index is 5.75. The molecule has 22 heavy (non-hydrogen) atoms. The molecule has 2 rings (SSSR count). The fourth-order valence-electron chi connectivity index (χ4n) is 2.90. The van der Waals surface area contributed by atoms with Crippen molar-refractivity contribution in [2.24, 2.45) is 0 Å². The van der Waals surface area contributed by atoms with Gasteiger partial charge in [-0.1, -0.05) is 15.9 Å². The smallest absolute Gasteiger partial charge is 0.122 e. The number of morpholine rings is 1. The van der Waals surface area contributed by atoms with Crippen molar-refractivity contribution in [3.63, 3.8) is 0 Å². The zero-order valence-corrected chi connectivity index (χ0v) is 15.3. The molecule has 124 valence electrons. The Morgan fingerprint density at radius 3 is 2.59 bits per heavy atom. The van der Waals surface area contributed by atoms with Crippen molar-refractivity contribution in [2.45, 2.75) is 33.0 Å². The Morgan fingerprint density at radius 2 is 1.91 bits per heavy atom. The predicted octanol–water partition coefficient (Wildman–Crippen LogP) is 1.85. The van der Waals surface area contributed by atoms with Gasteiger partial charge in [0.25, 0.3) is 0 Å². The molecule has 1 saturated heterocycles. The second kappa shape index (κ2) is 8.87. The third-order valence-electron chi connectivity index (χ3n) is 3.84. The number of hydrogen-bond acceptors (Lipinski definition) is 3. The molecule has 0 aromatic heterocycles. The number of hydrogen-bond donors (Lipinski definition) is 1. The number of quaternary nitrogens is 1. The maximum Gasteiger partial charge on any atom is 0.122 e. The van der Waals surface area contributed by atoms with E-state index < -0.39 is 0 Å². The Bertz CT molecular complexity index is 459. The van der Waals surface area contributed by atoms with Gasteiger partial charge in [0.2, 0.25) is 0 Å². The normalized spacial score (nSPS) is 25.2. The van der Waals surface area contributed by atoms with Crippen LogP contribution in [0, 0.1) is 6.92 Å². The van der Waals surface area contributed by atoms with Gasteiger partial charge in [0.15, 0.2) is 0 Å². The van der Waals surface area contributed by atoms with Crippen molar-refractivity contribution < 1.29 is 19.1 Å². The summed E-state index contributed by atoms with van der Waals surface area (Å²) in [5, 5.41) is 0. The van der Waals surface area contributed by atoms with E-state index in [1.54, 1.807) is 4.90 Å². The lowest BCUT2D eigenvalue weighted by atomic mass is 10.2. The van der Waals surface area contributed by atoms with Crippen molar-refractivity contribution in [2.75, 3.05) is 39.5 Å². The summed E-state index contributed by atoms with van der Waals surface area (Å²) in [5.41, 5.74) is 1.13. The van der Waals surface area contributed by atoms with Gasteiger partial charge in [0.05, 0.1) is 13.2 Å². The van der Waals surface area contributed by atoms with Crippen molar-refractivity contribution in [3.05, 3.63) is 28.2 Å². The first-order chi connectivity index (χ1) is 10.5. The van der Waals surface area contributed by atoms with Crippen LogP contribution in [0.25, 0.3) is 0 Å². The predicted molar refractivity (Wildman–Crippen MR) is 90.8 cm³/mol. The number of rotatable bonds is 7. The van der Waals surface area contributed by atoms with E-state index in [0.29, 0.717) is 25.4 Å². The molecule has 0 amide bonds. The highest BCUT2D eigenvalue weighted by molar-refractivity contribution is 9.10. The quantitative estimate of drug-likeness (QED) is 0.741. The highest BCUT2D eigenvalue weighted by atomic mass is 79.9. The van der Waals surface area contributed by atoms with Crippen molar-refractivity contribution in [1.82, 2.24) is 0 Å². The summed E-state index contributed by atoms with van der Waals surface area (Å²) in [6, 6.07) is 6.04. The Labute approximate surface area is 141 Å². The van der Waals surface area contributed by atoms with Crippen LogP contribution in [0.4, 0.5) is 0 Å². The molecule has 1 aromatic carbocycles. The molecule has 1 unspecified atom stereocenters. The molecule has 3 atom stereocenters. The SMILES string of the molecule is Cc1cc(Br)ccc1OCCOCC[NH+]1C[C@@H](C)O[C@@H](C)C1. The number of nitrogens with one attached hydrogen (secondary N) is 1. The number of aryl methyl sites for hydroxylation is 1. The molecule has 0 bridgehead atoms. The second-order valence-corrected chi connectivity index (χ2v) is 6.95. The van der Waals surface area contributed by atoms with Gasteiger partial charge in [-0.25, -0.2) is 0 Å². The van der Waals surface area contributed by atoms with Gasteiger partial charge >= 0.3 is 0 Å². The van der Waals surface area contributed by atoms with Crippen LogP contribution >= 0.6 is 15.9 Å². The van der Waals surface area contributed by atoms with Crippen LogP contribution in [-0.4, -0.2) is 51.7 Å². The van der Waals surface area contributed by atoms with Crippen LogP contribution in [-0.2, 0) is 9.47 Å². The minimum atomic E-state index is 0.350. The van der Waals surface area contributed by atoms with Gasteiger partial charge in [-0.3, -0.25) is 0 Å². The number of halogens is 1. The summed E-state index contributed by atoms with van der Waals surface area (Å²) >= 11 is 3.45. The molecule has 0 saturated carbocycles. The fraction of sp³-hybridized carbons (Fsp3) is 0.647. The first-order valence-electron chi connectivity index (χ1n) is 8.00. The van der Waals surface area contributed by atoms with Crippen LogP contribution in [0.5, 0.6) is 5.75 Å². The number of ether oxygens (including phenoxy) is 3. The fourth-order valence-corrected chi connectivity index (χ4v) is 3.37. The highest BCUT2D eigenvalue weighted by Crippen LogP contribution is 2.21. The van der Waals surface area contributed by atoms with Gasteiger partial charge in [-0.2, -0.15) is 0 Å². The van der Waals surface area contributed by atoms with Crippen LogP contribution < -0.4 is 9.64 Å². The van der Waals surface area contributed by atoms with Gasteiger partial charge in [0, 0.05) is 4.47 Å². The average molecular weight is 373 g/mol. The molecule has 1 N–H and O–H groups in total. The largest absolute Gasteiger partial charge is 0.491 e. The molecule has 4 nitrogen and oxygen atoms in total. The molecule has 1 aromatic rings. The summed E-state index contributed by atoms with van der Waals surface area (Å²) in [6.07, 6.45) is 0.699. The van der Waals surface area contributed by atoms with Gasteiger partial charge in [-0.15, -0.1) is 0 Å². The Kier molecular flexibility index (Phi) is 7.15. The van der Waals surface area contributed by atoms with E-state index in [1.807, 2.05) is 19.1 Å². The molecule has 1 fully saturated rings. The summed E-state index contributed by atoms with van der Waals surface area (Å²) in [4.78, 5) is 1.57. The van der Waals surface area contributed by atoms with Crippen LogP contribution in [0.2, 0.25) is 0 Å². The Morgan fingerprint density at radius 1 is 1.18 bits per heavy atom. The van der Waals surface area contributed by atoms with E-state index >= 15 is 0 Å². The van der Waals surface area contributed by atoms with E-state index in [4.69, 9.17) is 14.2 Å². The van der Waals surface area contributed by atoms with Crippen molar-refractivity contribution in [3.8, 4) is 5.75 Å². The lowest BCUT2D eigenvalue weighted by Gasteiger charge is -2.32. The molecule has 0 spiro atoms. The molecule has 1 heterocycles. The highest BCUT2D eigenvalue weighted by Gasteiger charge is 2.24. The monoisotopic (exact) mass is 372 g/mol. The molecular formula is C17H27BrNO3+. The first-order valence-corrected chi connectivity index (χ1v) is 8.79. The third kappa shape index (κ3) is 5.88. The third-order valence-corrected chi connectivity index (χ3v) is 4.33. The Hall–Kier alpha value is -0.620. The van der Waals surface area contributed by atoms with E-state index in [0.717, 1.165) is 42.0 Å². The lowest BCUT2D eigenvalue weighted by molar-refractivity contribution is -0.915. The van der Waals surface area contributed by atoms with Crippen molar-refractivity contribution >= 4 is 15.9 Å². The van der Waals surface area contributed by atoms with Crippen LogP contribution in [0.15, 0.2) is 22.7 Å². The van der Waals surface area contributed by atoms with Crippen molar-refractivity contribution in [1.29, 1.82) is 0 Å². The number of benzene rings is 1. The summed E-state index contributed by atoms with van der Waals surface area (Å²) in [5.74, 6) is 0.924. The van der Waals surface area contributed by atoms with E-state index in [9.17, 15) is 0 Å². The van der Waals surface area contributed by atoms with Gasteiger partial charge in [-0.05, 0) is 44.5 Å². The molecule has 0 radical (unpaired) electrons. The summed E-state index contributed by atoms with van der Waals surface area (Å²) in [7, 11) is 0. The van der Waals surface area contributed by atoms with Crippen LogP contribution in [0.3, 0.4) is 0 Å². The topological polar surface area (TPSA) is 32.1 Å². The second-order valence-electron chi connectivity index (χ2n) is 6.04.